The molecule has 16 heteroatoms. The number of thioether (sulfide) groups is 1. The summed E-state index contributed by atoms with van der Waals surface area (Å²) in [6.45, 7) is 18.0. The van der Waals surface area contributed by atoms with E-state index in [0.29, 0.717) is 54.0 Å². The van der Waals surface area contributed by atoms with Crippen LogP contribution in [-0.4, -0.2) is 81.9 Å². The summed E-state index contributed by atoms with van der Waals surface area (Å²) >= 11 is 6.94. The summed E-state index contributed by atoms with van der Waals surface area (Å²) < 4.78 is 5.56. The number of nitrogens with zero attached hydrogens (tertiary/aromatic N) is 4. The zero-order valence-electron chi connectivity index (χ0n) is 50.6. The number of benzene rings is 5. The van der Waals surface area contributed by atoms with Gasteiger partial charge in [0.2, 0.25) is 5.91 Å². The molecule has 5 aromatic carbocycles. The number of carboxylic acids is 2. The number of hydrogen-bond acceptors (Lipinski definition) is 12. The van der Waals surface area contributed by atoms with E-state index in [1.54, 1.807) is 24.0 Å². The van der Waals surface area contributed by atoms with E-state index >= 15 is 0 Å². The van der Waals surface area contributed by atoms with Gasteiger partial charge in [-0.3, -0.25) is 28.9 Å². The molecular formula is C70H80N6O8S2. The normalized spacial score (nSPS) is 18.2. The van der Waals surface area contributed by atoms with Gasteiger partial charge in [0.15, 0.2) is 0 Å². The van der Waals surface area contributed by atoms with E-state index in [1.165, 1.54) is 10.5 Å². The number of thiocarbonyl (C=S) groups is 1. The topological polar surface area (TPSA) is 186 Å². The van der Waals surface area contributed by atoms with Crippen molar-refractivity contribution in [3.05, 3.63) is 202 Å². The van der Waals surface area contributed by atoms with Gasteiger partial charge in [0.1, 0.15) is 10.9 Å². The summed E-state index contributed by atoms with van der Waals surface area (Å²) in [5, 5.41) is 24.9. The Morgan fingerprint density at radius 3 is 2.23 bits per heavy atom. The zero-order chi connectivity index (χ0) is 61.9. The summed E-state index contributed by atoms with van der Waals surface area (Å²) in [5.74, 6) is -2.35. The van der Waals surface area contributed by atoms with Crippen LogP contribution >= 0.6 is 24.0 Å². The Hall–Kier alpha value is -8.21. The lowest BCUT2D eigenvalue weighted by molar-refractivity contribution is -0.143. The average molecular weight is 1200 g/mol. The molecule has 450 valence electrons. The summed E-state index contributed by atoms with van der Waals surface area (Å²) in [6.07, 6.45) is 17.6. The van der Waals surface area contributed by atoms with Gasteiger partial charge in [0, 0.05) is 70.3 Å². The fourth-order valence-electron chi connectivity index (χ4n) is 11.8. The maximum Gasteiger partial charge on any atom is 0.307 e. The highest BCUT2D eigenvalue weighted by atomic mass is 32.2. The Morgan fingerprint density at radius 2 is 1.50 bits per heavy atom. The highest BCUT2D eigenvalue weighted by Gasteiger charge is 2.44. The maximum absolute atomic E-state index is 14.9. The van der Waals surface area contributed by atoms with Gasteiger partial charge in [-0.2, -0.15) is 0 Å². The van der Waals surface area contributed by atoms with Crippen molar-refractivity contribution < 1.29 is 38.9 Å². The summed E-state index contributed by atoms with van der Waals surface area (Å²) in [5.41, 5.74) is 15.2. The predicted octanol–water partition coefficient (Wildman–Crippen LogP) is 13.8. The molecule has 3 aliphatic rings. The van der Waals surface area contributed by atoms with E-state index in [4.69, 9.17) is 22.7 Å². The number of para-hydroxylation sites is 1. The first-order valence-electron chi connectivity index (χ1n) is 29.5. The fourth-order valence-corrected chi connectivity index (χ4v) is 13.0. The molecule has 2 amide bonds. The molecular weight excluding hydrogens is 1120 g/mol. The van der Waals surface area contributed by atoms with Crippen LogP contribution in [0.15, 0.2) is 180 Å². The standard InChI is InChI=1S/C70H80N6O8S2/c1-9-84-64(82)38-43-74-57-33-29-49-22-13-14-24-52(49)65(57)69(6,7)59(74)28-18-17-27-58-66(83)76(67(85)86-58)46-61(77)75(45-48-20-11-10-12-21-48)51-31-32-55(72-41-36-62(78)79)54(44-51)68(4,5)39-19-23-50(71)30-34-60-70(8,40-35-47(2)3)53-25-15-16-26-56(53)73(60)42-37-63(80)81/h10-34,44,47,72H,9,35-43,45-46,71H2,1-8H3,(H,78,79)(H,80,81). The monoisotopic (exact) mass is 1200 g/mol. The van der Waals surface area contributed by atoms with Crippen LogP contribution in [0.3, 0.4) is 0 Å². The van der Waals surface area contributed by atoms with E-state index in [9.17, 15) is 34.2 Å². The molecule has 0 saturated carbocycles. The number of carbonyl (C=O) groups is 5. The third-order valence-electron chi connectivity index (χ3n) is 16.3. The van der Waals surface area contributed by atoms with Gasteiger partial charge in [0.05, 0.1) is 37.3 Å². The second-order valence-electron chi connectivity index (χ2n) is 23.8. The van der Waals surface area contributed by atoms with Gasteiger partial charge < -0.3 is 40.7 Å². The Labute approximate surface area is 515 Å². The van der Waals surface area contributed by atoms with Crippen LogP contribution in [0.4, 0.5) is 22.7 Å². The van der Waals surface area contributed by atoms with Gasteiger partial charge in [-0.25, -0.2) is 0 Å². The Bertz CT molecular complexity index is 3580. The smallest absolute Gasteiger partial charge is 0.307 e. The SMILES string of the molecule is CCOC(=O)CCN1C(=CC=CC=C2SC(=S)N(CC(=O)N(Cc3ccccc3)c3ccc(NCCC(=O)O)c(C(C)(C)CC=CC(N)=CC=C4N(CCC(=O)O)c5ccccc5C4(C)CCC(C)C)c3)C2=O)C(C)(C)c2c1ccc1ccccc21. The minimum atomic E-state index is -0.940. The summed E-state index contributed by atoms with van der Waals surface area (Å²) in [6, 6.07) is 36.0. The number of nitrogens with one attached hydrogen (secondary N) is 1. The van der Waals surface area contributed by atoms with Crippen molar-refractivity contribution in [2.24, 2.45) is 11.7 Å². The van der Waals surface area contributed by atoms with E-state index in [1.807, 2.05) is 109 Å². The molecule has 0 aliphatic carbocycles. The molecule has 5 N–H and O–H groups in total. The van der Waals surface area contributed by atoms with Crippen molar-refractivity contribution in [3.8, 4) is 0 Å². The first-order chi connectivity index (χ1) is 41.0. The van der Waals surface area contributed by atoms with Crippen LogP contribution < -0.4 is 25.8 Å². The van der Waals surface area contributed by atoms with E-state index in [2.05, 4.69) is 100.0 Å². The van der Waals surface area contributed by atoms with Crippen molar-refractivity contribution >= 4 is 91.5 Å². The van der Waals surface area contributed by atoms with Gasteiger partial charge in [0.25, 0.3) is 5.91 Å². The highest BCUT2D eigenvalue weighted by molar-refractivity contribution is 8.26. The molecule has 8 rings (SSSR count). The lowest BCUT2D eigenvalue weighted by Crippen LogP contribution is -2.42. The summed E-state index contributed by atoms with van der Waals surface area (Å²) in [4.78, 5) is 73.0. The number of fused-ring (bicyclic) bond motifs is 4. The van der Waals surface area contributed by atoms with Crippen molar-refractivity contribution in [2.75, 3.05) is 52.8 Å². The first-order valence-corrected chi connectivity index (χ1v) is 30.7. The molecule has 0 radical (unpaired) electrons. The van der Waals surface area contributed by atoms with Gasteiger partial charge in [-0.1, -0.05) is 163 Å². The lowest BCUT2D eigenvalue weighted by atomic mass is 9.76. The average Bonchev–Trinajstić information content (AvgIpc) is 1.61. The van der Waals surface area contributed by atoms with Crippen molar-refractivity contribution in [2.45, 2.75) is 117 Å². The molecule has 5 aromatic rings. The Kier molecular flexibility index (Phi) is 20.7. The third-order valence-corrected chi connectivity index (χ3v) is 17.7. The number of aliphatic carboxylic acids is 2. The second-order valence-corrected chi connectivity index (χ2v) is 25.5. The number of carboxylic acid groups (broad SMARTS) is 2. The van der Waals surface area contributed by atoms with Gasteiger partial charge in [-0.05, 0) is 138 Å². The number of amides is 2. The largest absolute Gasteiger partial charge is 0.481 e. The molecule has 1 fully saturated rings. The van der Waals surface area contributed by atoms with Crippen LogP contribution in [0.25, 0.3) is 10.8 Å². The number of hydrogen-bond donors (Lipinski definition) is 4. The van der Waals surface area contributed by atoms with E-state index in [-0.39, 0.29) is 66.4 Å². The number of esters is 1. The van der Waals surface area contributed by atoms with Crippen molar-refractivity contribution in [3.63, 3.8) is 0 Å². The zero-order valence-corrected chi connectivity index (χ0v) is 52.2. The molecule has 0 spiro atoms. The minimum absolute atomic E-state index is 0.0217. The summed E-state index contributed by atoms with van der Waals surface area (Å²) in [7, 11) is 0. The molecule has 86 heavy (non-hydrogen) atoms. The van der Waals surface area contributed by atoms with Gasteiger partial charge in [-0.15, -0.1) is 0 Å². The second kappa shape index (κ2) is 27.9. The number of rotatable bonds is 26. The highest BCUT2D eigenvalue weighted by Crippen LogP contribution is 2.52. The van der Waals surface area contributed by atoms with Crippen LogP contribution in [0.1, 0.15) is 116 Å². The molecule has 3 aliphatic heterocycles. The lowest BCUT2D eigenvalue weighted by Gasteiger charge is -2.31. The maximum atomic E-state index is 14.9. The minimum Gasteiger partial charge on any atom is -0.481 e. The number of allylic oxidation sites excluding steroid dienone is 10. The molecule has 1 saturated heterocycles. The molecule has 1 unspecified atom stereocenters. The Balaban J connectivity index is 1.04. The quantitative estimate of drug-likeness (QED) is 0.0177. The number of anilines is 4. The number of ether oxygens (including phenoxy) is 1. The van der Waals surface area contributed by atoms with Crippen molar-refractivity contribution in [1.82, 2.24) is 4.90 Å². The van der Waals surface area contributed by atoms with Crippen LogP contribution in [0.2, 0.25) is 0 Å². The Morgan fingerprint density at radius 1 is 0.814 bits per heavy atom. The van der Waals surface area contributed by atoms with Crippen LogP contribution in [-0.2, 0) is 51.5 Å². The molecule has 3 heterocycles. The predicted molar refractivity (Wildman–Crippen MR) is 352 cm³/mol. The van der Waals surface area contributed by atoms with Crippen LogP contribution in [0, 0.1) is 5.92 Å². The van der Waals surface area contributed by atoms with Crippen molar-refractivity contribution in [1.29, 1.82) is 0 Å². The molecule has 1 atom stereocenters. The fraction of sp³-hybridized carbons (Fsp3) is 0.343. The molecule has 14 nitrogen and oxygen atoms in total. The first kappa shape index (κ1) is 63.8. The molecule has 0 bridgehead atoms. The van der Waals surface area contributed by atoms with Gasteiger partial charge >= 0.3 is 17.9 Å². The molecule has 0 aromatic heterocycles. The number of nitrogens with two attached hydrogens (primary N) is 1. The van der Waals surface area contributed by atoms with Crippen LogP contribution in [0.5, 0.6) is 0 Å². The number of carbonyl (C=O) groups excluding carboxylic acids is 3. The third kappa shape index (κ3) is 14.7. The van der Waals surface area contributed by atoms with E-state index in [0.717, 1.165) is 74.8 Å². The van der Waals surface area contributed by atoms with E-state index < -0.39 is 22.8 Å².